The Kier molecular flexibility index (Phi) is 6.82. The zero-order chi connectivity index (χ0) is 21.6. The average Bonchev–Trinajstić information content (AvgIpc) is 3.31. The molecule has 1 amide bonds. The number of ether oxygens (including phenoxy) is 1. The summed E-state index contributed by atoms with van der Waals surface area (Å²) in [4.78, 5) is 15.9. The van der Waals surface area contributed by atoms with Crippen molar-refractivity contribution in [3.63, 3.8) is 0 Å². The molecule has 0 bridgehead atoms. The van der Waals surface area contributed by atoms with Crippen molar-refractivity contribution < 1.29 is 9.53 Å². The normalized spacial score (nSPS) is 16.2. The lowest BCUT2D eigenvalue weighted by Crippen LogP contribution is -2.44. The number of benzene rings is 1. The molecule has 0 aliphatic carbocycles. The number of hydrogen-bond donors (Lipinski definition) is 1. The lowest BCUT2D eigenvalue weighted by atomic mass is 9.97. The van der Waals surface area contributed by atoms with Crippen LogP contribution in [-0.4, -0.2) is 42.3 Å². The predicted octanol–water partition coefficient (Wildman–Crippen LogP) is 4.23. The first-order valence-electron chi connectivity index (χ1n) is 10.7. The summed E-state index contributed by atoms with van der Waals surface area (Å²) in [5.41, 5.74) is 3.23. The molecule has 1 aliphatic rings. The molecule has 1 unspecified atom stereocenters. The van der Waals surface area contributed by atoms with Crippen LogP contribution in [0.5, 0.6) is 5.75 Å². The maximum absolute atomic E-state index is 12.7. The second-order valence-corrected chi connectivity index (χ2v) is 8.95. The van der Waals surface area contributed by atoms with E-state index in [0.29, 0.717) is 19.7 Å². The second-order valence-electron chi connectivity index (χ2n) is 8.00. The van der Waals surface area contributed by atoms with Crippen molar-refractivity contribution >= 4 is 23.1 Å². The van der Waals surface area contributed by atoms with E-state index in [0.717, 1.165) is 41.5 Å². The molecule has 1 N–H and O–H groups in total. The van der Waals surface area contributed by atoms with Crippen LogP contribution >= 0.6 is 11.3 Å². The molecule has 2 aromatic heterocycles. The first kappa shape index (κ1) is 21.3. The van der Waals surface area contributed by atoms with Crippen LogP contribution < -0.4 is 15.0 Å². The van der Waals surface area contributed by atoms with Crippen LogP contribution in [0.2, 0.25) is 0 Å². The third-order valence-electron chi connectivity index (χ3n) is 5.41. The lowest BCUT2D eigenvalue weighted by molar-refractivity contribution is -0.125. The molecule has 0 radical (unpaired) electrons. The number of aromatic nitrogens is 2. The summed E-state index contributed by atoms with van der Waals surface area (Å²) >= 11 is 1.65. The van der Waals surface area contributed by atoms with Gasteiger partial charge in [-0.05, 0) is 73.5 Å². The monoisotopic (exact) mass is 436 g/mol. The molecule has 31 heavy (non-hydrogen) atoms. The van der Waals surface area contributed by atoms with Gasteiger partial charge in [0.2, 0.25) is 5.91 Å². The third-order valence-corrected chi connectivity index (χ3v) is 6.30. The quantitative estimate of drug-likeness (QED) is 0.562. The number of nitrogens with one attached hydrogen (secondary N) is 1. The number of amides is 1. The largest absolute Gasteiger partial charge is 0.492 e. The average molecular weight is 437 g/mol. The Balaban J connectivity index is 1.26. The summed E-state index contributed by atoms with van der Waals surface area (Å²) in [6.45, 7) is 6.62. The minimum atomic E-state index is -0.0475. The summed E-state index contributed by atoms with van der Waals surface area (Å²) < 4.78 is 5.80. The number of piperidine rings is 1. The summed E-state index contributed by atoms with van der Waals surface area (Å²) in [7, 11) is 0. The molecule has 0 spiro atoms. The number of thiophene rings is 1. The number of anilines is 1. The zero-order valence-electron chi connectivity index (χ0n) is 18.0. The van der Waals surface area contributed by atoms with Crippen LogP contribution in [-0.2, 0) is 4.79 Å². The van der Waals surface area contributed by atoms with Gasteiger partial charge in [0.1, 0.15) is 18.1 Å². The van der Waals surface area contributed by atoms with Gasteiger partial charge in [-0.15, -0.1) is 21.5 Å². The molecule has 0 saturated carbocycles. The van der Waals surface area contributed by atoms with Crippen LogP contribution in [0.25, 0.3) is 10.6 Å². The van der Waals surface area contributed by atoms with Crippen LogP contribution in [0.4, 0.5) is 5.82 Å². The molecule has 7 heteroatoms. The minimum Gasteiger partial charge on any atom is -0.492 e. The van der Waals surface area contributed by atoms with Crippen molar-refractivity contribution in [1.29, 1.82) is 0 Å². The third kappa shape index (κ3) is 5.61. The SMILES string of the molecule is Cc1cc(C)cc(OCCNC(=O)C2CCCN(c3ccc(-c4cccs4)nn3)C2)c1. The van der Waals surface area contributed by atoms with Gasteiger partial charge in [0.05, 0.1) is 17.3 Å². The maximum atomic E-state index is 12.7. The molecule has 1 fully saturated rings. The van der Waals surface area contributed by atoms with Gasteiger partial charge in [-0.3, -0.25) is 4.79 Å². The minimum absolute atomic E-state index is 0.0475. The van der Waals surface area contributed by atoms with Crippen molar-refractivity contribution in [3.8, 4) is 16.3 Å². The first-order chi connectivity index (χ1) is 15.1. The highest BCUT2D eigenvalue weighted by Gasteiger charge is 2.26. The Bertz CT molecular complexity index is 985. The molecule has 6 nitrogen and oxygen atoms in total. The number of carbonyl (C=O) groups excluding carboxylic acids is 1. The second kappa shape index (κ2) is 9.92. The molecule has 1 aliphatic heterocycles. The fraction of sp³-hybridized carbons (Fsp3) is 0.375. The summed E-state index contributed by atoms with van der Waals surface area (Å²) in [5.74, 6) is 1.71. The van der Waals surface area contributed by atoms with E-state index in [-0.39, 0.29) is 11.8 Å². The van der Waals surface area contributed by atoms with E-state index in [1.807, 2.05) is 41.8 Å². The zero-order valence-corrected chi connectivity index (χ0v) is 18.8. The Morgan fingerprint density at radius 1 is 1.19 bits per heavy atom. The highest BCUT2D eigenvalue weighted by molar-refractivity contribution is 7.13. The Morgan fingerprint density at radius 3 is 2.74 bits per heavy atom. The van der Waals surface area contributed by atoms with Crippen molar-refractivity contribution in [2.75, 3.05) is 31.1 Å². The van der Waals surface area contributed by atoms with E-state index in [1.165, 1.54) is 11.1 Å². The topological polar surface area (TPSA) is 67.3 Å². The molecule has 162 valence electrons. The Labute approximate surface area is 187 Å². The van der Waals surface area contributed by atoms with Gasteiger partial charge in [0, 0.05) is 13.1 Å². The molecule has 1 aromatic carbocycles. The van der Waals surface area contributed by atoms with Gasteiger partial charge in [-0.2, -0.15) is 0 Å². The smallest absolute Gasteiger partial charge is 0.225 e. The molecular formula is C24H28N4O2S. The van der Waals surface area contributed by atoms with E-state index in [4.69, 9.17) is 4.74 Å². The number of nitrogens with zero attached hydrogens (tertiary/aromatic N) is 3. The summed E-state index contributed by atoms with van der Waals surface area (Å²) in [6.07, 6.45) is 1.85. The van der Waals surface area contributed by atoms with E-state index in [1.54, 1.807) is 11.3 Å². The van der Waals surface area contributed by atoms with Crippen molar-refractivity contribution in [2.45, 2.75) is 26.7 Å². The fourth-order valence-electron chi connectivity index (χ4n) is 3.95. The number of rotatable bonds is 7. The number of hydrogen-bond acceptors (Lipinski definition) is 6. The molecule has 1 saturated heterocycles. The van der Waals surface area contributed by atoms with Crippen LogP contribution in [0.3, 0.4) is 0 Å². The van der Waals surface area contributed by atoms with E-state index in [9.17, 15) is 4.79 Å². The van der Waals surface area contributed by atoms with Gasteiger partial charge < -0.3 is 15.0 Å². The number of aryl methyl sites for hydroxylation is 2. The van der Waals surface area contributed by atoms with E-state index >= 15 is 0 Å². The van der Waals surface area contributed by atoms with Crippen LogP contribution in [0, 0.1) is 19.8 Å². The van der Waals surface area contributed by atoms with Crippen molar-refractivity contribution in [3.05, 3.63) is 59.0 Å². The molecular weight excluding hydrogens is 408 g/mol. The van der Waals surface area contributed by atoms with E-state index < -0.39 is 0 Å². The lowest BCUT2D eigenvalue weighted by Gasteiger charge is -2.32. The Morgan fingerprint density at radius 2 is 2.03 bits per heavy atom. The number of carbonyl (C=O) groups is 1. The maximum Gasteiger partial charge on any atom is 0.225 e. The summed E-state index contributed by atoms with van der Waals surface area (Å²) in [6, 6.07) is 14.2. The van der Waals surface area contributed by atoms with Gasteiger partial charge in [-0.25, -0.2) is 0 Å². The van der Waals surface area contributed by atoms with Crippen molar-refractivity contribution in [1.82, 2.24) is 15.5 Å². The van der Waals surface area contributed by atoms with Gasteiger partial charge >= 0.3 is 0 Å². The molecule has 1 atom stereocenters. The molecule has 3 aromatic rings. The van der Waals surface area contributed by atoms with E-state index in [2.05, 4.69) is 40.3 Å². The Hall–Kier alpha value is -2.93. The van der Waals surface area contributed by atoms with Gasteiger partial charge in [0.15, 0.2) is 5.82 Å². The van der Waals surface area contributed by atoms with Crippen LogP contribution in [0.1, 0.15) is 24.0 Å². The standard InChI is InChI=1S/C24H28N4O2S/c1-17-13-18(2)15-20(14-17)30-11-9-25-24(29)19-5-3-10-28(16-19)23-8-7-21(26-27-23)22-6-4-12-31-22/h4,6-8,12-15,19H,3,5,9-11,16H2,1-2H3,(H,25,29). The highest BCUT2D eigenvalue weighted by Crippen LogP contribution is 2.25. The highest BCUT2D eigenvalue weighted by atomic mass is 32.1. The fourth-order valence-corrected chi connectivity index (χ4v) is 4.64. The molecule has 3 heterocycles. The summed E-state index contributed by atoms with van der Waals surface area (Å²) in [5, 5.41) is 13.8. The van der Waals surface area contributed by atoms with Gasteiger partial charge in [-0.1, -0.05) is 12.1 Å². The van der Waals surface area contributed by atoms with Crippen LogP contribution in [0.15, 0.2) is 47.8 Å². The van der Waals surface area contributed by atoms with Crippen molar-refractivity contribution in [2.24, 2.45) is 5.92 Å². The predicted molar refractivity (Wildman–Crippen MR) is 125 cm³/mol. The van der Waals surface area contributed by atoms with Gasteiger partial charge in [0.25, 0.3) is 0 Å². The molecule has 4 rings (SSSR count). The first-order valence-corrected chi connectivity index (χ1v) is 11.6.